The van der Waals surface area contributed by atoms with Crippen molar-refractivity contribution in [2.75, 3.05) is 10.0 Å². The van der Waals surface area contributed by atoms with Crippen molar-refractivity contribution < 1.29 is 8.42 Å². The Bertz CT molecular complexity index is 767. The summed E-state index contributed by atoms with van der Waals surface area (Å²) in [6, 6.07) is 5.99. The van der Waals surface area contributed by atoms with E-state index >= 15 is 0 Å². The van der Waals surface area contributed by atoms with Crippen LogP contribution in [0.4, 0.5) is 11.4 Å². The molecule has 1 aliphatic rings. The molecule has 0 radical (unpaired) electrons. The summed E-state index contributed by atoms with van der Waals surface area (Å²) in [5, 5.41) is 3.43. The Morgan fingerprint density at radius 1 is 1.38 bits per heavy atom. The van der Waals surface area contributed by atoms with E-state index < -0.39 is 10.0 Å². The minimum atomic E-state index is -3.65. The molecule has 1 aromatic carbocycles. The molecule has 21 heavy (non-hydrogen) atoms. The van der Waals surface area contributed by atoms with Gasteiger partial charge in [-0.05, 0) is 38.3 Å². The summed E-state index contributed by atoms with van der Waals surface area (Å²) in [5.41, 5.74) is 2.58. The quantitative estimate of drug-likeness (QED) is 0.812. The van der Waals surface area contributed by atoms with Gasteiger partial charge < -0.3 is 10.3 Å². The number of H-pyrrole nitrogens is 1. The van der Waals surface area contributed by atoms with Gasteiger partial charge in [0.25, 0.3) is 10.0 Å². The number of nitrogens with zero attached hydrogens (tertiary/aromatic N) is 1. The van der Waals surface area contributed by atoms with Gasteiger partial charge in [-0.25, -0.2) is 4.98 Å². The van der Waals surface area contributed by atoms with E-state index in [-0.39, 0.29) is 5.03 Å². The highest BCUT2D eigenvalue weighted by molar-refractivity contribution is 7.92. The second-order valence-electron chi connectivity index (χ2n) is 5.36. The smallest absolute Gasteiger partial charge is 0.279 e. The SMILES string of the molecule is Cc1ncc(S(=O)(=O)Nc2cccc3c2NC(C)CC3)[nH]1. The molecular weight excluding hydrogens is 288 g/mol. The molecule has 6 nitrogen and oxygen atoms in total. The molecule has 1 unspecified atom stereocenters. The van der Waals surface area contributed by atoms with E-state index in [2.05, 4.69) is 26.9 Å². The number of para-hydroxylation sites is 1. The monoisotopic (exact) mass is 306 g/mol. The Kier molecular flexibility index (Phi) is 3.36. The Morgan fingerprint density at radius 3 is 2.90 bits per heavy atom. The molecule has 0 saturated heterocycles. The van der Waals surface area contributed by atoms with Crippen molar-refractivity contribution in [3.05, 3.63) is 35.8 Å². The van der Waals surface area contributed by atoms with Crippen LogP contribution >= 0.6 is 0 Å². The van der Waals surface area contributed by atoms with Gasteiger partial charge in [0.2, 0.25) is 0 Å². The molecule has 0 amide bonds. The van der Waals surface area contributed by atoms with Gasteiger partial charge in [0.05, 0.1) is 17.6 Å². The van der Waals surface area contributed by atoms with Gasteiger partial charge in [-0.2, -0.15) is 8.42 Å². The third kappa shape index (κ3) is 2.73. The topological polar surface area (TPSA) is 86.9 Å². The Morgan fingerprint density at radius 2 is 2.19 bits per heavy atom. The largest absolute Gasteiger partial charge is 0.381 e. The molecular formula is C14H18N4O2S. The van der Waals surface area contributed by atoms with Crippen LogP contribution in [0, 0.1) is 6.92 Å². The molecule has 0 fully saturated rings. The summed E-state index contributed by atoms with van der Waals surface area (Å²) < 4.78 is 27.4. The van der Waals surface area contributed by atoms with E-state index in [9.17, 15) is 8.42 Å². The summed E-state index contributed by atoms with van der Waals surface area (Å²) in [6.07, 6.45) is 3.31. The predicted molar refractivity (Wildman–Crippen MR) is 82.0 cm³/mol. The van der Waals surface area contributed by atoms with E-state index in [0.717, 1.165) is 24.1 Å². The maximum atomic E-state index is 12.4. The number of benzene rings is 1. The maximum Gasteiger partial charge on any atom is 0.279 e. The zero-order valence-electron chi connectivity index (χ0n) is 12.0. The van der Waals surface area contributed by atoms with E-state index in [0.29, 0.717) is 17.6 Å². The van der Waals surface area contributed by atoms with Crippen LogP contribution in [-0.2, 0) is 16.4 Å². The lowest BCUT2D eigenvalue weighted by atomic mass is 9.98. The van der Waals surface area contributed by atoms with Crippen LogP contribution in [-0.4, -0.2) is 24.4 Å². The number of rotatable bonds is 3. The van der Waals surface area contributed by atoms with Crippen molar-refractivity contribution in [2.45, 2.75) is 37.8 Å². The number of nitrogens with one attached hydrogen (secondary N) is 3. The number of aryl methyl sites for hydroxylation is 2. The lowest BCUT2D eigenvalue weighted by Crippen LogP contribution is -2.24. The van der Waals surface area contributed by atoms with Crippen molar-refractivity contribution in [1.82, 2.24) is 9.97 Å². The highest BCUT2D eigenvalue weighted by atomic mass is 32.2. The zero-order chi connectivity index (χ0) is 15.0. The van der Waals surface area contributed by atoms with Crippen molar-refractivity contribution in [1.29, 1.82) is 0 Å². The molecule has 3 rings (SSSR count). The Hall–Kier alpha value is -2.02. The lowest BCUT2D eigenvalue weighted by Gasteiger charge is -2.26. The molecule has 7 heteroatoms. The van der Waals surface area contributed by atoms with Crippen LogP contribution < -0.4 is 10.0 Å². The predicted octanol–water partition coefficient (Wildman–Crippen LogP) is 2.27. The second-order valence-corrected chi connectivity index (χ2v) is 7.01. The molecule has 1 atom stereocenters. The van der Waals surface area contributed by atoms with E-state index in [1.165, 1.54) is 6.20 Å². The van der Waals surface area contributed by atoms with Gasteiger partial charge in [0.1, 0.15) is 5.82 Å². The standard InChI is InChI=1S/C14H18N4O2S/c1-9-6-7-11-4-3-5-12(14(11)16-9)18-21(19,20)13-8-15-10(2)17-13/h3-5,8-9,16,18H,6-7H2,1-2H3,(H,15,17). The molecule has 0 saturated carbocycles. The number of anilines is 2. The number of hydrogen-bond donors (Lipinski definition) is 3. The summed E-state index contributed by atoms with van der Waals surface area (Å²) in [5.74, 6) is 0.567. The highest BCUT2D eigenvalue weighted by Gasteiger charge is 2.22. The maximum absolute atomic E-state index is 12.4. The van der Waals surface area contributed by atoms with E-state index in [4.69, 9.17) is 0 Å². The summed E-state index contributed by atoms with van der Waals surface area (Å²) in [6.45, 7) is 3.80. The molecule has 2 aromatic rings. The number of fused-ring (bicyclic) bond motifs is 1. The summed E-state index contributed by atoms with van der Waals surface area (Å²) in [7, 11) is -3.65. The van der Waals surface area contributed by atoms with Gasteiger partial charge in [-0.1, -0.05) is 12.1 Å². The van der Waals surface area contributed by atoms with Gasteiger partial charge >= 0.3 is 0 Å². The fraction of sp³-hybridized carbons (Fsp3) is 0.357. The van der Waals surface area contributed by atoms with Gasteiger partial charge in [0, 0.05) is 6.04 Å². The first kappa shape index (κ1) is 13.9. The summed E-state index contributed by atoms with van der Waals surface area (Å²) in [4.78, 5) is 6.68. The third-order valence-electron chi connectivity index (χ3n) is 3.60. The minimum Gasteiger partial charge on any atom is -0.381 e. The first-order valence-corrected chi connectivity index (χ1v) is 8.37. The highest BCUT2D eigenvalue weighted by Crippen LogP contribution is 2.33. The van der Waals surface area contributed by atoms with Crippen molar-refractivity contribution in [2.24, 2.45) is 0 Å². The van der Waals surface area contributed by atoms with Crippen molar-refractivity contribution in [3.63, 3.8) is 0 Å². The fourth-order valence-electron chi connectivity index (χ4n) is 2.49. The molecule has 1 aromatic heterocycles. The van der Waals surface area contributed by atoms with E-state index in [1.807, 2.05) is 12.1 Å². The van der Waals surface area contributed by atoms with Crippen LogP contribution in [0.1, 0.15) is 24.7 Å². The van der Waals surface area contributed by atoms with Crippen LogP contribution in [0.5, 0.6) is 0 Å². The van der Waals surface area contributed by atoms with Gasteiger partial charge in [0.15, 0.2) is 5.03 Å². The number of imidazole rings is 1. The molecule has 0 spiro atoms. The van der Waals surface area contributed by atoms with Gasteiger partial charge in [-0.3, -0.25) is 4.72 Å². The molecule has 1 aliphatic heterocycles. The first-order chi connectivity index (χ1) is 9.95. The Balaban J connectivity index is 1.95. The fourth-order valence-corrected chi connectivity index (χ4v) is 3.53. The van der Waals surface area contributed by atoms with Crippen LogP contribution in [0.25, 0.3) is 0 Å². The molecule has 0 bridgehead atoms. The average molecular weight is 306 g/mol. The van der Waals surface area contributed by atoms with Gasteiger partial charge in [-0.15, -0.1) is 0 Å². The summed E-state index contributed by atoms with van der Waals surface area (Å²) >= 11 is 0. The first-order valence-electron chi connectivity index (χ1n) is 6.88. The minimum absolute atomic E-state index is 0.0708. The normalized spacial score (nSPS) is 17.9. The van der Waals surface area contributed by atoms with Crippen LogP contribution in [0.3, 0.4) is 0 Å². The molecule has 112 valence electrons. The molecule has 2 heterocycles. The van der Waals surface area contributed by atoms with Crippen molar-refractivity contribution >= 4 is 21.4 Å². The lowest BCUT2D eigenvalue weighted by molar-refractivity contribution is 0.598. The Labute approximate surface area is 124 Å². The second kappa shape index (κ2) is 5.07. The number of aromatic nitrogens is 2. The van der Waals surface area contributed by atoms with E-state index in [1.54, 1.807) is 13.0 Å². The number of hydrogen-bond acceptors (Lipinski definition) is 4. The van der Waals surface area contributed by atoms with Crippen LogP contribution in [0.15, 0.2) is 29.4 Å². The number of sulfonamides is 1. The molecule has 3 N–H and O–H groups in total. The zero-order valence-corrected chi connectivity index (χ0v) is 12.8. The van der Waals surface area contributed by atoms with Crippen LogP contribution in [0.2, 0.25) is 0 Å². The third-order valence-corrected chi connectivity index (χ3v) is 4.88. The average Bonchev–Trinajstić information content (AvgIpc) is 2.87. The number of aromatic amines is 1. The molecule has 0 aliphatic carbocycles. The van der Waals surface area contributed by atoms with Crippen molar-refractivity contribution in [3.8, 4) is 0 Å².